The monoisotopic (exact) mass is 352 g/mol. The molecule has 0 aromatic carbocycles. The lowest BCUT2D eigenvalue weighted by molar-refractivity contribution is 0.0775. The third-order valence-electron chi connectivity index (χ3n) is 5.78. The average Bonchev–Trinajstić information content (AvgIpc) is 2.97. The van der Waals surface area contributed by atoms with Gasteiger partial charge in [0.15, 0.2) is 0 Å². The molecule has 4 rings (SSSR count). The maximum absolute atomic E-state index is 12.9. The molecule has 7 nitrogen and oxygen atoms in total. The Hall–Kier alpha value is -2.57. The topological polar surface area (TPSA) is 75.1 Å². The first-order valence-corrected chi connectivity index (χ1v) is 9.23. The summed E-state index contributed by atoms with van der Waals surface area (Å²) in [5.74, 6) is 1.93. The van der Waals surface area contributed by atoms with Gasteiger partial charge >= 0.3 is 0 Å². The van der Waals surface area contributed by atoms with Crippen molar-refractivity contribution in [3.63, 3.8) is 0 Å². The van der Waals surface area contributed by atoms with Gasteiger partial charge < -0.3 is 9.80 Å². The molecule has 0 unspecified atom stereocenters. The molecule has 2 aromatic rings. The maximum atomic E-state index is 12.9. The van der Waals surface area contributed by atoms with Gasteiger partial charge in [-0.2, -0.15) is 0 Å². The average molecular weight is 352 g/mol. The SMILES string of the molecule is Cc1ncnc(C(=O)N2C[C@H]3CCN(c4ncccn4)CC[C@H]3C2)c1C. The Kier molecular flexibility index (Phi) is 4.53. The normalized spacial score (nSPS) is 22.8. The number of aromatic nitrogens is 4. The molecule has 0 spiro atoms. The summed E-state index contributed by atoms with van der Waals surface area (Å²) in [4.78, 5) is 34.4. The molecule has 0 bridgehead atoms. The molecule has 2 aromatic heterocycles. The van der Waals surface area contributed by atoms with Gasteiger partial charge in [0.1, 0.15) is 12.0 Å². The number of nitrogens with zero attached hydrogens (tertiary/aromatic N) is 6. The molecule has 0 saturated carbocycles. The molecule has 1 amide bonds. The largest absolute Gasteiger partial charge is 0.341 e. The van der Waals surface area contributed by atoms with Crippen molar-refractivity contribution in [2.45, 2.75) is 26.7 Å². The number of fused-ring (bicyclic) bond motifs is 1. The van der Waals surface area contributed by atoms with Crippen LogP contribution in [0.3, 0.4) is 0 Å². The highest BCUT2D eigenvalue weighted by Gasteiger charge is 2.38. The van der Waals surface area contributed by atoms with Gasteiger partial charge in [-0.25, -0.2) is 19.9 Å². The number of rotatable bonds is 2. The molecule has 7 heteroatoms. The van der Waals surface area contributed by atoms with Crippen molar-refractivity contribution in [2.24, 2.45) is 11.8 Å². The molecule has 2 fully saturated rings. The fourth-order valence-electron chi connectivity index (χ4n) is 4.07. The van der Waals surface area contributed by atoms with E-state index in [-0.39, 0.29) is 5.91 Å². The summed E-state index contributed by atoms with van der Waals surface area (Å²) in [5, 5.41) is 0. The van der Waals surface area contributed by atoms with Crippen molar-refractivity contribution in [1.82, 2.24) is 24.8 Å². The van der Waals surface area contributed by atoms with Gasteiger partial charge in [-0.15, -0.1) is 0 Å². The van der Waals surface area contributed by atoms with E-state index in [1.54, 1.807) is 12.4 Å². The summed E-state index contributed by atoms with van der Waals surface area (Å²) in [5.41, 5.74) is 2.31. The Balaban J connectivity index is 1.44. The van der Waals surface area contributed by atoms with Crippen molar-refractivity contribution in [3.05, 3.63) is 41.7 Å². The number of likely N-dealkylation sites (tertiary alicyclic amines) is 1. The Morgan fingerprint density at radius 3 is 2.31 bits per heavy atom. The minimum atomic E-state index is 0.0457. The molecule has 0 radical (unpaired) electrons. The first-order chi connectivity index (χ1) is 12.6. The lowest BCUT2D eigenvalue weighted by Crippen LogP contribution is -2.32. The van der Waals surface area contributed by atoms with Crippen LogP contribution in [-0.4, -0.2) is 56.9 Å². The van der Waals surface area contributed by atoms with Gasteiger partial charge in [-0.1, -0.05) is 0 Å². The molecular formula is C19H24N6O. The number of hydrogen-bond acceptors (Lipinski definition) is 6. The van der Waals surface area contributed by atoms with Crippen molar-refractivity contribution in [3.8, 4) is 0 Å². The maximum Gasteiger partial charge on any atom is 0.272 e. The van der Waals surface area contributed by atoms with E-state index in [2.05, 4.69) is 24.8 Å². The molecule has 4 heterocycles. The van der Waals surface area contributed by atoms with Crippen LogP contribution in [0.5, 0.6) is 0 Å². The zero-order valence-electron chi connectivity index (χ0n) is 15.3. The third-order valence-corrected chi connectivity index (χ3v) is 5.78. The van der Waals surface area contributed by atoms with Crippen LogP contribution < -0.4 is 4.90 Å². The molecule has 2 aliphatic heterocycles. The highest BCUT2D eigenvalue weighted by atomic mass is 16.2. The van der Waals surface area contributed by atoms with Crippen LogP contribution in [-0.2, 0) is 0 Å². The second-order valence-corrected chi connectivity index (χ2v) is 7.28. The van der Waals surface area contributed by atoms with Crippen molar-refractivity contribution in [1.29, 1.82) is 0 Å². The summed E-state index contributed by atoms with van der Waals surface area (Å²) < 4.78 is 0. The highest BCUT2D eigenvalue weighted by molar-refractivity contribution is 5.94. The third kappa shape index (κ3) is 3.13. The first kappa shape index (κ1) is 16.9. The predicted molar refractivity (Wildman–Crippen MR) is 97.9 cm³/mol. The van der Waals surface area contributed by atoms with Crippen LogP contribution >= 0.6 is 0 Å². The lowest BCUT2D eigenvalue weighted by atomic mass is 9.92. The fourth-order valence-corrected chi connectivity index (χ4v) is 4.07. The predicted octanol–water partition coefficient (Wildman–Crippen LogP) is 1.87. The van der Waals surface area contributed by atoms with E-state index in [0.717, 1.165) is 56.2 Å². The van der Waals surface area contributed by atoms with Gasteiger partial charge in [-0.3, -0.25) is 4.79 Å². The second-order valence-electron chi connectivity index (χ2n) is 7.28. The van der Waals surface area contributed by atoms with E-state index in [9.17, 15) is 4.79 Å². The van der Waals surface area contributed by atoms with Crippen LogP contribution in [0.1, 0.15) is 34.6 Å². The van der Waals surface area contributed by atoms with Crippen LogP contribution in [0.15, 0.2) is 24.8 Å². The quantitative estimate of drug-likeness (QED) is 0.821. The van der Waals surface area contributed by atoms with E-state index in [4.69, 9.17) is 0 Å². The van der Waals surface area contributed by atoms with Gasteiger partial charge in [0.2, 0.25) is 5.95 Å². The van der Waals surface area contributed by atoms with Crippen LogP contribution in [0.4, 0.5) is 5.95 Å². The summed E-state index contributed by atoms with van der Waals surface area (Å²) in [6, 6.07) is 1.84. The van der Waals surface area contributed by atoms with Crippen LogP contribution in [0, 0.1) is 25.7 Å². The zero-order chi connectivity index (χ0) is 18.1. The summed E-state index contributed by atoms with van der Waals surface area (Å²) in [6.07, 6.45) is 7.20. The highest BCUT2D eigenvalue weighted by Crippen LogP contribution is 2.33. The van der Waals surface area contributed by atoms with E-state index in [1.165, 1.54) is 6.33 Å². The number of anilines is 1. The molecule has 136 valence electrons. The second kappa shape index (κ2) is 6.97. The van der Waals surface area contributed by atoms with Crippen molar-refractivity contribution >= 4 is 11.9 Å². The smallest absolute Gasteiger partial charge is 0.272 e. The Bertz CT molecular complexity index is 780. The number of amides is 1. The molecular weight excluding hydrogens is 328 g/mol. The number of carbonyl (C=O) groups is 1. The van der Waals surface area contributed by atoms with Crippen LogP contribution in [0.25, 0.3) is 0 Å². The molecule has 0 aliphatic carbocycles. The summed E-state index contributed by atoms with van der Waals surface area (Å²) >= 11 is 0. The molecule has 2 atom stereocenters. The lowest BCUT2D eigenvalue weighted by Gasteiger charge is -2.22. The minimum absolute atomic E-state index is 0.0457. The standard InChI is InChI=1S/C19H24N6O/c1-13-14(2)22-12-23-17(13)18(26)25-10-15-4-8-24(9-5-16(15)11-25)19-20-6-3-7-21-19/h3,6-7,12,15-16H,4-5,8-11H2,1-2H3/t15-,16+. The van der Waals surface area contributed by atoms with E-state index in [1.807, 2.05) is 24.8 Å². The molecule has 2 aliphatic rings. The van der Waals surface area contributed by atoms with Gasteiger partial charge in [0.25, 0.3) is 5.91 Å². The molecule has 2 saturated heterocycles. The summed E-state index contributed by atoms with van der Waals surface area (Å²) in [6.45, 7) is 7.36. The van der Waals surface area contributed by atoms with E-state index in [0.29, 0.717) is 17.5 Å². The molecule has 26 heavy (non-hydrogen) atoms. The number of hydrogen-bond donors (Lipinski definition) is 0. The van der Waals surface area contributed by atoms with Gasteiger partial charge in [0, 0.05) is 49.8 Å². The fraction of sp³-hybridized carbons (Fsp3) is 0.526. The number of aryl methyl sites for hydroxylation is 1. The minimum Gasteiger partial charge on any atom is -0.341 e. The van der Waals surface area contributed by atoms with Crippen molar-refractivity contribution < 1.29 is 4.79 Å². The van der Waals surface area contributed by atoms with Crippen LogP contribution in [0.2, 0.25) is 0 Å². The molecule has 0 N–H and O–H groups in total. The van der Waals surface area contributed by atoms with Gasteiger partial charge in [0.05, 0.1) is 0 Å². The summed E-state index contributed by atoms with van der Waals surface area (Å²) in [7, 11) is 0. The van der Waals surface area contributed by atoms with E-state index < -0.39 is 0 Å². The first-order valence-electron chi connectivity index (χ1n) is 9.23. The zero-order valence-corrected chi connectivity index (χ0v) is 15.3. The number of carbonyl (C=O) groups excluding carboxylic acids is 1. The Morgan fingerprint density at radius 2 is 1.65 bits per heavy atom. The Morgan fingerprint density at radius 1 is 1.00 bits per heavy atom. The van der Waals surface area contributed by atoms with Gasteiger partial charge in [-0.05, 0) is 44.6 Å². The van der Waals surface area contributed by atoms with Crippen molar-refractivity contribution in [2.75, 3.05) is 31.1 Å². The van der Waals surface area contributed by atoms with E-state index >= 15 is 0 Å². The Labute approximate surface area is 153 Å².